The third-order valence-electron chi connectivity index (χ3n) is 3.49. The van der Waals surface area contributed by atoms with Crippen LogP contribution in [-0.2, 0) is 11.2 Å². The van der Waals surface area contributed by atoms with Gasteiger partial charge in [-0.2, -0.15) is 0 Å². The van der Waals surface area contributed by atoms with Gasteiger partial charge in [0.15, 0.2) is 0 Å². The van der Waals surface area contributed by atoms with Crippen molar-refractivity contribution in [3.05, 3.63) is 35.1 Å². The van der Waals surface area contributed by atoms with Crippen molar-refractivity contribution in [2.24, 2.45) is 0 Å². The molecule has 1 aromatic rings. The first kappa shape index (κ1) is 13.5. The summed E-state index contributed by atoms with van der Waals surface area (Å²) in [5.74, 6) is -0.135. The molecule has 0 heterocycles. The largest absolute Gasteiger partial charge is 0.375 e. The van der Waals surface area contributed by atoms with E-state index in [1.165, 1.54) is 5.56 Å². The number of hydrogen-bond donors (Lipinski definition) is 1. The normalized spacial score (nSPS) is 19.0. The van der Waals surface area contributed by atoms with Crippen LogP contribution in [0.4, 0.5) is 4.39 Å². The summed E-state index contributed by atoms with van der Waals surface area (Å²) in [6, 6.07) is 5.44. The first-order valence-corrected chi connectivity index (χ1v) is 6.67. The Labute approximate surface area is 109 Å². The van der Waals surface area contributed by atoms with Gasteiger partial charge in [-0.3, -0.25) is 0 Å². The van der Waals surface area contributed by atoms with Gasteiger partial charge in [0.05, 0.1) is 5.60 Å². The summed E-state index contributed by atoms with van der Waals surface area (Å²) in [7, 11) is 0. The number of ether oxygens (including phenoxy) is 1. The van der Waals surface area contributed by atoms with Crippen LogP contribution in [0.1, 0.15) is 44.4 Å². The van der Waals surface area contributed by atoms with Gasteiger partial charge in [-0.15, -0.1) is 0 Å². The first-order valence-electron chi connectivity index (χ1n) is 6.67. The summed E-state index contributed by atoms with van der Waals surface area (Å²) in [6.07, 6.45) is 2.00. The zero-order valence-corrected chi connectivity index (χ0v) is 11.4. The molecule has 0 spiro atoms. The van der Waals surface area contributed by atoms with Crippen molar-refractivity contribution in [2.45, 2.75) is 45.3 Å². The molecule has 3 heteroatoms. The van der Waals surface area contributed by atoms with Crippen molar-refractivity contribution in [1.29, 1.82) is 0 Å². The van der Waals surface area contributed by atoms with Crippen molar-refractivity contribution in [3.63, 3.8) is 0 Å². The van der Waals surface area contributed by atoms with E-state index in [-0.39, 0.29) is 11.4 Å². The van der Waals surface area contributed by atoms with E-state index in [4.69, 9.17) is 4.74 Å². The maximum absolute atomic E-state index is 13.1. The average Bonchev–Trinajstić information content (AvgIpc) is 2.68. The van der Waals surface area contributed by atoms with E-state index in [1.807, 2.05) is 13.0 Å². The Morgan fingerprint density at radius 2 is 2.22 bits per heavy atom. The molecule has 0 amide bonds. The maximum Gasteiger partial charge on any atom is 0.123 e. The lowest BCUT2D eigenvalue weighted by atomic mass is 10.1. The van der Waals surface area contributed by atoms with E-state index in [0.717, 1.165) is 31.6 Å². The minimum atomic E-state index is -0.155. The van der Waals surface area contributed by atoms with E-state index in [2.05, 4.69) is 19.2 Å². The Kier molecular flexibility index (Phi) is 4.03. The highest BCUT2D eigenvalue weighted by molar-refractivity contribution is 5.34. The Bertz CT molecular complexity index is 417. The molecule has 100 valence electrons. The van der Waals surface area contributed by atoms with E-state index < -0.39 is 0 Å². The Morgan fingerprint density at radius 1 is 1.44 bits per heavy atom. The fraction of sp³-hybridized carbons (Fsp3) is 0.600. The number of halogens is 1. The Morgan fingerprint density at radius 3 is 2.94 bits per heavy atom. The van der Waals surface area contributed by atoms with Gasteiger partial charge in [0, 0.05) is 19.2 Å². The van der Waals surface area contributed by atoms with Gasteiger partial charge in [0.2, 0.25) is 0 Å². The van der Waals surface area contributed by atoms with E-state index in [1.54, 1.807) is 12.1 Å². The van der Waals surface area contributed by atoms with Gasteiger partial charge in [0.25, 0.3) is 0 Å². The van der Waals surface area contributed by atoms with Crippen LogP contribution in [0.2, 0.25) is 0 Å². The lowest BCUT2D eigenvalue weighted by Gasteiger charge is -2.27. The number of nitrogens with one attached hydrogen (secondary N) is 1. The zero-order valence-electron chi connectivity index (χ0n) is 11.4. The maximum atomic E-state index is 13.1. The second-order valence-corrected chi connectivity index (χ2v) is 5.51. The second kappa shape index (κ2) is 5.37. The summed E-state index contributed by atoms with van der Waals surface area (Å²) < 4.78 is 18.8. The lowest BCUT2D eigenvalue weighted by molar-refractivity contribution is -0.0106. The molecule has 0 saturated carbocycles. The molecular weight excluding hydrogens is 229 g/mol. The molecule has 1 atom stereocenters. The topological polar surface area (TPSA) is 21.3 Å². The van der Waals surface area contributed by atoms with E-state index >= 15 is 0 Å². The molecule has 1 unspecified atom stereocenters. The highest BCUT2D eigenvalue weighted by Crippen LogP contribution is 2.31. The van der Waals surface area contributed by atoms with Crippen molar-refractivity contribution in [3.8, 4) is 0 Å². The van der Waals surface area contributed by atoms with Crippen LogP contribution in [0.25, 0.3) is 0 Å². The molecule has 0 bridgehead atoms. The molecule has 1 aliphatic rings. The van der Waals surface area contributed by atoms with Crippen LogP contribution < -0.4 is 5.32 Å². The molecule has 0 aromatic heterocycles. The summed E-state index contributed by atoms with van der Waals surface area (Å²) in [5, 5.41) is 3.53. The molecule has 18 heavy (non-hydrogen) atoms. The van der Waals surface area contributed by atoms with Crippen molar-refractivity contribution >= 4 is 0 Å². The molecule has 0 saturated heterocycles. The lowest BCUT2D eigenvalue weighted by Crippen LogP contribution is -2.38. The fourth-order valence-corrected chi connectivity index (χ4v) is 2.61. The molecular formula is C15H22FNO. The average molecular weight is 251 g/mol. The fourth-order valence-electron chi connectivity index (χ4n) is 2.61. The predicted molar refractivity (Wildman–Crippen MR) is 71.2 cm³/mol. The smallest absolute Gasteiger partial charge is 0.123 e. The second-order valence-electron chi connectivity index (χ2n) is 5.51. The minimum Gasteiger partial charge on any atom is -0.375 e. The number of benzene rings is 1. The molecule has 0 radical (unpaired) electrons. The van der Waals surface area contributed by atoms with Gasteiger partial charge in [0.1, 0.15) is 5.82 Å². The number of rotatable bonds is 5. The Balaban J connectivity index is 1.98. The summed E-state index contributed by atoms with van der Waals surface area (Å²) in [5.41, 5.74) is 2.22. The first-order chi connectivity index (χ1) is 8.52. The van der Waals surface area contributed by atoms with Crippen LogP contribution in [0.3, 0.4) is 0 Å². The SMILES string of the molecule is CCOC(C)(C)CNC1CCc2cc(F)ccc21. The number of hydrogen-bond acceptors (Lipinski definition) is 2. The minimum absolute atomic E-state index is 0.135. The van der Waals surface area contributed by atoms with Crippen molar-refractivity contribution in [2.75, 3.05) is 13.2 Å². The monoisotopic (exact) mass is 251 g/mol. The Hall–Kier alpha value is -0.930. The van der Waals surface area contributed by atoms with Crippen LogP contribution in [0, 0.1) is 5.82 Å². The van der Waals surface area contributed by atoms with Gasteiger partial charge >= 0.3 is 0 Å². The molecule has 2 nitrogen and oxygen atoms in total. The van der Waals surface area contributed by atoms with Gasteiger partial charge in [-0.25, -0.2) is 4.39 Å². The molecule has 1 N–H and O–H groups in total. The van der Waals surface area contributed by atoms with E-state index in [9.17, 15) is 4.39 Å². The van der Waals surface area contributed by atoms with Crippen molar-refractivity contribution < 1.29 is 9.13 Å². The molecule has 1 aromatic carbocycles. The molecule has 0 fully saturated rings. The van der Waals surface area contributed by atoms with Crippen LogP contribution >= 0.6 is 0 Å². The predicted octanol–water partition coefficient (Wildman–Crippen LogP) is 3.22. The summed E-state index contributed by atoms with van der Waals surface area (Å²) in [4.78, 5) is 0. The molecule has 1 aliphatic carbocycles. The summed E-state index contributed by atoms with van der Waals surface area (Å²) >= 11 is 0. The van der Waals surface area contributed by atoms with Gasteiger partial charge in [-0.1, -0.05) is 6.07 Å². The zero-order chi connectivity index (χ0) is 13.2. The number of fused-ring (bicyclic) bond motifs is 1. The molecule has 0 aliphatic heterocycles. The van der Waals surface area contributed by atoms with Crippen molar-refractivity contribution in [1.82, 2.24) is 5.32 Å². The third kappa shape index (κ3) is 3.09. The van der Waals surface area contributed by atoms with Gasteiger partial charge < -0.3 is 10.1 Å². The highest BCUT2D eigenvalue weighted by Gasteiger charge is 2.25. The standard InChI is InChI=1S/C15H22FNO/c1-4-18-15(2,3)10-17-14-8-5-11-9-12(16)6-7-13(11)14/h6-7,9,14,17H,4-5,8,10H2,1-3H3. The third-order valence-corrected chi connectivity index (χ3v) is 3.49. The highest BCUT2D eigenvalue weighted by atomic mass is 19.1. The summed E-state index contributed by atoms with van der Waals surface area (Å²) in [6.45, 7) is 7.72. The van der Waals surface area contributed by atoms with Crippen LogP contribution in [0.15, 0.2) is 18.2 Å². The van der Waals surface area contributed by atoms with Gasteiger partial charge in [-0.05, 0) is 56.9 Å². The number of aryl methyl sites for hydroxylation is 1. The van der Waals surface area contributed by atoms with Crippen LogP contribution in [-0.4, -0.2) is 18.8 Å². The van der Waals surface area contributed by atoms with Crippen LogP contribution in [0.5, 0.6) is 0 Å². The van der Waals surface area contributed by atoms with E-state index in [0.29, 0.717) is 6.04 Å². The quantitative estimate of drug-likeness (QED) is 0.867. The molecule has 2 rings (SSSR count).